The lowest BCUT2D eigenvalue weighted by Crippen LogP contribution is -2.18. The van der Waals surface area contributed by atoms with Crippen molar-refractivity contribution in [3.63, 3.8) is 0 Å². The topological polar surface area (TPSA) is 38.4 Å². The molecule has 2 N–H and O–H groups in total. The first-order valence-corrected chi connectivity index (χ1v) is 4.67. The van der Waals surface area contributed by atoms with Gasteiger partial charge in [0.1, 0.15) is 11.7 Å². The Morgan fingerprint density at radius 3 is 2.71 bits per heavy atom. The zero-order valence-corrected chi connectivity index (χ0v) is 8.85. The minimum absolute atomic E-state index is 0.120. The summed E-state index contributed by atoms with van der Waals surface area (Å²) in [5.74, 6) is 0.191. The number of amidine groups is 1. The van der Waals surface area contributed by atoms with Gasteiger partial charge in [0.15, 0.2) is 0 Å². The zero-order chi connectivity index (χ0) is 10.7. The molecule has 0 aliphatic rings. The second kappa shape index (κ2) is 4.42. The number of aliphatic imine (C=N–C) groups is 1. The molecule has 0 aliphatic heterocycles. The molecule has 1 aromatic rings. The molecule has 0 bridgehead atoms. The Morgan fingerprint density at radius 1 is 1.50 bits per heavy atom. The average Bonchev–Trinajstić information content (AvgIpc) is 2.11. The molecule has 0 saturated carbocycles. The van der Waals surface area contributed by atoms with Gasteiger partial charge in [-0.2, -0.15) is 0 Å². The van der Waals surface area contributed by atoms with E-state index in [2.05, 4.69) is 4.99 Å². The van der Waals surface area contributed by atoms with Crippen LogP contribution in [0.25, 0.3) is 0 Å². The van der Waals surface area contributed by atoms with E-state index in [0.717, 1.165) is 0 Å². The van der Waals surface area contributed by atoms with Crippen LogP contribution in [0.15, 0.2) is 23.2 Å². The van der Waals surface area contributed by atoms with Crippen molar-refractivity contribution in [2.45, 2.75) is 13.8 Å². The summed E-state index contributed by atoms with van der Waals surface area (Å²) in [4.78, 5) is 4.04. The number of nitrogens with two attached hydrogens (primary N) is 1. The van der Waals surface area contributed by atoms with Crippen LogP contribution in [0.1, 0.15) is 13.8 Å². The number of halogens is 2. The monoisotopic (exact) mass is 214 g/mol. The highest BCUT2D eigenvalue weighted by molar-refractivity contribution is 6.33. The van der Waals surface area contributed by atoms with Crippen molar-refractivity contribution >= 4 is 23.1 Å². The molecule has 0 aliphatic carbocycles. The summed E-state index contributed by atoms with van der Waals surface area (Å²) >= 11 is 5.82. The third kappa shape index (κ3) is 2.70. The van der Waals surface area contributed by atoms with E-state index >= 15 is 0 Å². The largest absolute Gasteiger partial charge is 0.387 e. The fourth-order valence-electron chi connectivity index (χ4n) is 0.840. The minimum atomic E-state index is -0.371. The summed E-state index contributed by atoms with van der Waals surface area (Å²) in [6.45, 7) is 3.82. The van der Waals surface area contributed by atoms with E-state index in [1.165, 1.54) is 18.2 Å². The van der Waals surface area contributed by atoms with Gasteiger partial charge in [0.05, 0.1) is 10.7 Å². The van der Waals surface area contributed by atoms with Crippen LogP contribution < -0.4 is 5.73 Å². The van der Waals surface area contributed by atoms with Crippen LogP contribution in [0.4, 0.5) is 10.1 Å². The maximum atomic E-state index is 12.8. The van der Waals surface area contributed by atoms with E-state index in [1.807, 2.05) is 13.8 Å². The van der Waals surface area contributed by atoms with Crippen LogP contribution in [0.3, 0.4) is 0 Å². The van der Waals surface area contributed by atoms with Crippen molar-refractivity contribution in [3.8, 4) is 0 Å². The van der Waals surface area contributed by atoms with E-state index in [9.17, 15) is 4.39 Å². The van der Waals surface area contributed by atoms with Crippen LogP contribution in [-0.4, -0.2) is 5.84 Å². The van der Waals surface area contributed by atoms with Gasteiger partial charge >= 0.3 is 0 Å². The Bertz CT molecular complexity index is 361. The molecule has 0 spiro atoms. The van der Waals surface area contributed by atoms with Crippen molar-refractivity contribution in [3.05, 3.63) is 29.0 Å². The molecular weight excluding hydrogens is 203 g/mol. The lowest BCUT2D eigenvalue weighted by Gasteiger charge is -2.04. The molecule has 0 atom stereocenters. The number of hydrogen-bond donors (Lipinski definition) is 1. The molecule has 0 amide bonds. The van der Waals surface area contributed by atoms with Gasteiger partial charge in [-0.25, -0.2) is 9.38 Å². The predicted molar refractivity (Wildman–Crippen MR) is 57.5 cm³/mol. The Balaban J connectivity index is 3.07. The number of hydrogen-bond acceptors (Lipinski definition) is 1. The molecule has 0 saturated heterocycles. The average molecular weight is 215 g/mol. The normalized spacial score (nSPS) is 12.2. The minimum Gasteiger partial charge on any atom is -0.387 e. The predicted octanol–water partition coefficient (Wildman–Crippen LogP) is 3.12. The highest BCUT2D eigenvalue weighted by atomic mass is 35.5. The van der Waals surface area contributed by atoms with Crippen molar-refractivity contribution in [1.82, 2.24) is 0 Å². The third-order valence-electron chi connectivity index (χ3n) is 1.75. The summed E-state index contributed by atoms with van der Waals surface area (Å²) in [5, 5.41) is 0.398. The van der Waals surface area contributed by atoms with Crippen LogP contribution in [0, 0.1) is 11.7 Å². The highest BCUT2D eigenvalue weighted by Crippen LogP contribution is 2.25. The third-order valence-corrected chi connectivity index (χ3v) is 2.07. The van der Waals surface area contributed by atoms with Gasteiger partial charge in [0.2, 0.25) is 0 Å². The molecule has 0 heterocycles. The molecule has 0 aromatic heterocycles. The standard InChI is InChI=1S/C10H12ClFN2/c1-6(2)10(13)14-9-5-7(12)3-4-8(9)11/h3-6H,1-2H3,(H2,13,14). The van der Waals surface area contributed by atoms with Gasteiger partial charge in [-0.15, -0.1) is 0 Å². The summed E-state index contributed by atoms with van der Waals surface area (Å²) in [6, 6.07) is 4.01. The first-order chi connectivity index (χ1) is 6.50. The molecule has 4 heteroatoms. The fourth-order valence-corrected chi connectivity index (χ4v) is 0.999. The van der Waals surface area contributed by atoms with Gasteiger partial charge in [0.25, 0.3) is 0 Å². The van der Waals surface area contributed by atoms with E-state index in [4.69, 9.17) is 17.3 Å². The highest BCUT2D eigenvalue weighted by Gasteiger charge is 2.03. The summed E-state index contributed by atoms with van der Waals surface area (Å²) in [5.41, 5.74) is 6.01. The maximum absolute atomic E-state index is 12.8. The van der Waals surface area contributed by atoms with Crippen LogP contribution in [0.2, 0.25) is 5.02 Å². The molecule has 0 fully saturated rings. The van der Waals surface area contributed by atoms with E-state index < -0.39 is 0 Å². The van der Waals surface area contributed by atoms with Crippen LogP contribution >= 0.6 is 11.6 Å². The van der Waals surface area contributed by atoms with Crippen molar-refractivity contribution in [1.29, 1.82) is 0 Å². The van der Waals surface area contributed by atoms with Crippen LogP contribution in [-0.2, 0) is 0 Å². The van der Waals surface area contributed by atoms with Gasteiger partial charge in [-0.1, -0.05) is 25.4 Å². The van der Waals surface area contributed by atoms with E-state index in [1.54, 1.807) is 0 Å². The number of rotatable bonds is 2. The van der Waals surface area contributed by atoms with Gasteiger partial charge in [-0.3, -0.25) is 0 Å². The van der Waals surface area contributed by atoms with Crippen LogP contribution in [0.5, 0.6) is 0 Å². The molecule has 0 radical (unpaired) electrons. The Kier molecular flexibility index (Phi) is 3.47. The maximum Gasteiger partial charge on any atom is 0.125 e. The Labute approximate surface area is 87.6 Å². The first kappa shape index (κ1) is 11.0. The summed E-state index contributed by atoms with van der Waals surface area (Å²) in [6.07, 6.45) is 0. The lowest BCUT2D eigenvalue weighted by atomic mass is 10.2. The number of benzene rings is 1. The molecule has 1 aromatic carbocycles. The fraction of sp³-hybridized carbons (Fsp3) is 0.300. The first-order valence-electron chi connectivity index (χ1n) is 4.30. The van der Waals surface area contributed by atoms with Crippen molar-refractivity contribution < 1.29 is 4.39 Å². The summed E-state index contributed by atoms with van der Waals surface area (Å²) in [7, 11) is 0. The van der Waals surface area contributed by atoms with Crippen molar-refractivity contribution in [2.75, 3.05) is 0 Å². The Hall–Kier alpha value is -1.09. The molecular formula is C10H12ClFN2. The van der Waals surface area contributed by atoms with Gasteiger partial charge in [0, 0.05) is 12.0 Å². The van der Waals surface area contributed by atoms with Crippen molar-refractivity contribution in [2.24, 2.45) is 16.6 Å². The second-order valence-corrected chi connectivity index (χ2v) is 3.69. The lowest BCUT2D eigenvalue weighted by molar-refractivity contribution is 0.628. The Morgan fingerprint density at radius 2 is 2.14 bits per heavy atom. The smallest absolute Gasteiger partial charge is 0.125 e. The molecule has 76 valence electrons. The van der Waals surface area contributed by atoms with Gasteiger partial charge < -0.3 is 5.73 Å². The molecule has 0 unspecified atom stereocenters. The summed E-state index contributed by atoms with van der Waals surface area (Å²) < 4.78 is 12.8. The second-order valence-electron chi connectivity index (χ2n) is 3.29. The molecule has 2 nitrogen and oxygen atoms in total. The van der Waals surface area contributed by atoms with Gasteiger partial charge in [-0.05, 0) is 12.1 Å². The number of nitrogens with zero attached hydrogens (tertiary/aromatic N) is 1. The molecule has 1 rings (SSSR count). The van der Waals surface area contributed by atoms with E-state index in [-0.39, 0.29) is 11.7 Å². The zero-order valence-electron chi connectivity index (χ0n) is 8.09. The van der Waals surface area contributed by atoms with E-state index in [0.29, 0.717) is 16.5 Å². The SMILES string of the molecule is CC(C)C(N)=Nc1cc(F)ccc1Cl. The quantitative estimate of drug-likeness (QED) is 0.596. The molecule has 14 heavy (non-hydrogen) atoms.